The Kier molecular flexibility index (Phi) is 5.71. The van der Waals surface area contributed by atoms with Gasteiger partial charge in [-0.15, -0.1) is 6.58 Å². The summed E-state index contributed by atoms with van der Waals surface area (Å²) in [7, 11) is 0. The summed E-state index contributed by atoms with van der Waals surface area (Å²) in [6, 6.07) is 12.1. The minimum Gasteiger partial charge on any atom is -0.349 e. The van der Waals surface area contributed by atoms with Crippen molar-refractivity contribution in [1.82, 2.24) is 5.32 Å². The smallest absolute Gasteiger partial charge is 0.255 e. The first-order chi connectivity index (χ1) is 11.0. The van der Waals surface area contributed by atoms with Crippen LogP contribution in [0.25, 0.3) is 0 Å². The van der Waals surface area contributed by atoms with Gasteiger partial charge in [0, 0.05) is 27.8 Å². The highest BCUT2D eigenvalue weighted by atomic mass is 79.9. The molecule has 2 amide bonds. The first-order valence-electron chi connectivity index (χ1n) is 7.08. The van der Waals surface area contributed by atoms with Crippen molar-refractivity contribution in [2.45, 2.75) is 6.92 Å². The summed E-state index contributed by atoms with van der Waals surface area (Å²) >= 11 is 3.42. The first kappa shape index (κ1) is 17.0. The van der Waals surface area contributed by atoms with Crippen molar-refractivity contribution in [3.8, 4) is 0 Å². The zero-order valence-corrected chi connectivity index (χ0v) is 14.3. The van der Waals surface area contributed by atoms with Crippen LogP contribution in [0.3, 0.4) is 0 Å². The van der Waals surface area contributed by atoms with Crippen LogP contribution in [0.5, 0.6) is 0 Å². The van der Waals surface area contributed by atoms with Gasteiger partial charge in [0.1, 0.15) is 0 Å². The van der Waals surface area contributed by atoms with Crippen LogP contribution in [-0.2, 0) is 0 Å². The Morgan fingerprint density at radius 3 is 2.26 bits per heavy atom. The molecule has 2 N–H and O–H groups in total. The molecule has 0 bridgehead atoms. The number of nitrogens with one attached hydrogen (secondary N) is 2. The number of benzene rings is 2. The van der Waals surface area contributed by atoms with E-state index in [4.69, 9.17) is 0 Å². The average Bonchev–Trinajstić information content (AvgIpc) is 2.56. The highest BCUT2D eigenvalue weighted by Gasteiger charge is 2.09. The number of hydrogen-bond acceptors (Lipinski definition) is 2. The molecule has 0 aliphatic rings. The van der Waals surface area contributed by atoms with Crippen molar-refractivity contribution in [2.75, 3.05) is 11.9 Å². The largest absolute Gasteiger partial charge is 0.349 e. The van der Waals surface area contributed by atoms with Crippen LogP contribution >= 0.6 is 15.9 Å². The molecule has 0 fully saturated rings. The maximum absolute atomic E-state index is 12.2. The number of halogens is 1. The highest BCUT2D eigenvalue weighted by molar-refractivity contribution is 9.10. The SMILES string of the molecule is C=CCNC(=O)c1ccc(C(=O)Nc2ccc(Br)c(C)c2)cc1. The van der Waals surface area contributed by atoms with Crippen molar-refractivity contribution in [1.29, 1.82) is 0 Å². The molecule has 2 aromatic carbocycles. The van der Waals surface area contributed by atoms with Crippen LogP contribution in [0.1, 0.15) is 26.3 Å². The first-order valence-corrected chi connectivity index (χ1v) is 7.87. The van der Waals surface area contributed by atoms with E-state index in [9.17, 15) is 9.59 Å². The van der Waals surface area contributed by atoms with E-state index in [1.165, 1.54) is 0 Å². The number of rotatable bonds is 5. The van der Waals surface area contributed by atoms with Gasteiger partial charge in [0.25, 0.3) is 11.8 Å². The lowest BCUT2D eigenvalue weighted by atomic mass is 10.1. The average molecular weight is 373 g/mol. The van der Waals surface area contributed by atoms with Gasteiger partial charge in [-0.3, -0.25) is 9.59 Å². The molecule has 0 aliphatic carbocycles. The molecule has 0 saturated carbocycles. The number of aryl methyl sites for hydroxylation is 1. The van der Waals surface area contributed by atoms with Gasteiger partial charge in [0.05, 0.1) is 0 Å². The lowest BCUT2D eigenvalue weighted by molar-refractivity contribution is 0.0956. The van der Waals surface area contributed by atoms with E-state index in [0.717, 1.165) is 15.7 Å². The van der Waals surface area contributed by atoms with Crippen LogP contribution < -0.4 is 10.6 Å². The van der Waals surface area contributed by atoms with E-state index < -0.39 is 0 Å². The quantitative estimate of drug-likeness (QED) is 0.781. The van der Waals surface area contributed by atoms with Gasteiger partial charge in [0.15, 0.2) is 0 Å². The fourth-order valence-corrected chi connectivity index (χ4v) is 2.21. The van der Waals surface area contributed by atoms with E-state index in [0.29, 0.717) is 17.7 Å². The molecule has 0 radical (unpaired) electrons. The van der Waals surface area contributed by atoms with Crippen LogP contribution in [0, 0.1) is 6.92 Å². The summed E-state index contributed by atoms with van der Waals surface area (Å²) in [5.74, 6) is -0.412. The molecule has 23 heavy (non-hydrogen) atoms. The summed E-state index contributed by atoms with van der Waals surface area (Å²) in [4.78, 5) is 24.0. The van der Waals surface area contributed by atoms with E-state index in [1.807, 2.05) is 25.1 Å². The molecule has 4 nitrogen and oxygen atoms in total. The van der Waals surface area contributed by atoms with Crippen LogP contribution in [-0.4, -0.2) is 18.4 Å². The molecule has 0 heterocycles. The maximum Gasteiger partial charge on any atom is 0.255 e. The maximum atomic E-state index is 12.2. The van der Waals surface area contributed by atoms with Crippen LogP contribution in [0.15, 0.2) is 59.6 Å². The van der Waals surface area contributed by atoms with Gasteiger partial charge < -0.3 is 10.6 Å². The third-order valence-electron chi connectivity index (χ3n) is 3.23. The molecule has 0 aromatic heterocycles. The Hall–Kier alpha value is -2.40. The van der Waals surface area contributed by atoms with Gasteiger partial charge in [-0.1, -0.05) is 22.0 Å². The predicted octanol–water partition coefficient (Wildman–Crippen LogP) is 3.93. The summed E-state index contributed by atoms with van der Waals surface area (Å²) in [5, 5.41) is 5.52. The second-order valence-electron chi connectivity index (χ2n) is 4.99. The number of carbonyl (C=O) groups is 2. The highest BCUT2D eigenvalue weighted by Crippen LogP contribution is 2.20. The predicted molar refractivity (Wildman–Crippen MR) is 95.8 cm³/mol. The molecule has 0 atom stereocenters. The van der Waals surface area contributed by atoms with E-state index in [1.54, 1.807) is 30.3 Å². The Bertz CT molecular complexity index is 739. The molecular weight excluding hydrogens is 356 g/mol. The van der Waals surface area contributed by atoms with Gasteiger partial charge >= 0.3 is 0 Å². The van der Waals surface area contributed by atoms with Gasteiger partial charge in [-0.2, -0.15) is 0 Å². The molecule has 0 spiro atoms. The molecule has 0 saturated heterocycles. The summed E-state index contributed by atoms with van der Waals surface area (Å²) in [5.41, 5.74) is 2.76. The second-order valence-corrected chi connectivity index (χ2v) is 5.85. The topological polar surface area (TPSA) is 58.2 Å². The summed E-state index contributed by atoms with van der Waals surface area (Å²) < 4.78 is 0.991. The van der Waals surface area contributed by atoms with Gasteiger partial charge in [-0.25, -0.2) is 0 Å². The Balaban J connectivity index is 2.06. The summed E-state index contributed by atoms with van der Waals surface area (Å²) in [6.45, 7) is 5.91. The molecule has 2 aromatic rings. The van der Waals surface area contributed by atoms with Crippen LogP contribution in [0.2, 0.25) is 0 Å². The third-order valence-corrected chi connectivity index (χ3v) is 4.12. The van der Waals surface area contributed by atoms with Gasteiger partial charge in [-0.05, 0) is 55.0 Å². The zero-order valence-electron chi connectivity index (χ0n) is 12.7. The molecule has 0 unspecified atom stereocenters. The Morgan fingerprint density at radius 2 is 1.70 bits per heavy atom. The lowest BCUT2D eigenvalue weighted by Crippen LogP contribution is -2.23. The second kappa shape index (κ2) is 7.74. The van der Waals surface area contributed by atoms with E-state index >= 15 is 0 Å². The number of anilines is 1. The van der Waals surface area contributed by atoms with Crippen molar-refractivity contribution in [2.24, 2.45) is 0 Å². The normalized spacial score (nSPS) is 10.0. The monoisotopic (exact) mass is 372 g/mol. The Morgan fingerprint density at radius 1 is 1.09 bits per heavy atom. The number of carbonyl (C=O) groups excluding carboxylic acids is 2. The number of amides is 2. The lowest BCUT2D eigenvalue weighted by Gasteiger charge is -2.08. The minimum absolute atomic E-state index is 0.194. The zero-order chi connectivity index (χ0) is 16.8. The van der Waals surface area contributed by atoms with E-state index in [2.05, 4.69) is 33.1 Å². The number of hydrogen-bond donors (Lipinski definition) is 2. The van der Waals surface area contributed by atoms with Crippen LogP contribution in [0.4, 0.5) is 5.69 Å². The molecular formula is C18H17BrN2O2. The molecule has 0 aliphatic heterocycles. The van der Waals surface area contributed by atoms with Crippen molar-refractivity contribution >= 4 is 33.4 Å². The van der Waals surface area contributed by atoms with Crippen molar-refractivity contribution < 1.29 is 9.59 Å². The Labute approximate surface area is 143 Å². The fourth-order valence-electron chi connectivity index (χ4n) is 1.97. The summed E-state index contributed by atoms with van der Waals surface area (Å²) in [6.07, 6.45) is 1.61. The third kappa shape index (κ3) is 4.53. The molecule has 5 heteroatoms. The fraction of sp³-hybridized carbons (Fsp3) is 0.111. The standard InChI is InChI=1S/C18H17BrN2O2/c1-3-10-20-17(22)13-4-6-14(7-5-13)18(23)21-15-8-9-16(19)12(2)11-15/h3-9,11H,1,10H2,2H3,(H,20,22)(H,21,23). The molecule has 2 rings (SSSR count). The van der Waals surface area contributed by atoms with Crippen molar-refractivity contribution in [3.05, 3.63) is 76.3 Å². The van der Waals surface area contributed by atoms with E-state index in [-0.39, 0.29) is 11.8 Å². The van der Waals surface area contributed by atoms with Crippen molar-refractivity contribution in [3.63, 3.8) is 0 Å². The van der Waals surface area contributed by atoms with Gasteiger partial charge in [0.2, 0.25) is 0 Å². The minimum atomic E-state index is -0.218. The molecule has 118 valence electrons.